The summed E-state index contributed by atoms with van der Waals surface area (Å²) >= 11 is 0. The maximum atomic E-state index is 11.0. The van der Waals surface area contributed by atoms with E-state index in [0.29, 0.717) is 28.5 Å². The molecule has 0 atom stereocenters. The molecular weight excluding hydrogens is 268 g/mol. The van der Waals surface area contributed by atoms with Crippen molar-refractivity contribution in [2.24, 2.45) is 0 Å². The zero-order chi connectivity index (χ0) is 15.2. The van der Waals surface area contributed by atoms with Crippen molar-refractivity contribution in [2.75, 3.05) is 18.2 Å². The molecule has 0 saturated carbocycles. The Morgan fingerprint density at radius 3 is 2.81 bits per heavy atom. The summed E-state index contributed by atoms with van der Waals surface area (Å²) in [7, 11) is 1.54. The third-order valence-corrected chi connectivity index (χ3v) is 2.52. The van der Waals surface area contributed by atoms with E-state index in [2.05, 4.69) is 27.1 Å². The molecule has 0 aliphatic carbocycles. The fourth-order valence-corrected chi connectivity index (χ4v) is 1.57. The molecule has 0 saturated heterocycles. The Morgan fingerprint density at radius 1 is 1.33 bits per heavy atom. The maximum Gasteiger partial charge on any atom is 0.222 e. The average molecular weight is 282 g/mol. The molecule has 0 fully saturated rings. The lowest BCUT2D eigenvalue weighted by Gasteiger charge is -2.02. The molecule has 2 heterocycles. The third kappa shape index (κ3) is 3.94. The van der Waals surface area contributed by atoms with Gasteiger partial charge >= 0.3 is 0 Å². The molecule has 106 valence electrons. The van der Waals surface area contributed by atoms with E-state index in [1.165, 1.54) is 6.92 Å². The lowest BCUT2D eigenvalue weighted by atomic mass is 10.2. The third-order valence-electron chi connectivity index (χ3n) is 2.52. The van der Waals surface area contributed by atoms with Crippen molar-refractivity contribution < 1.29 is 9.53 Å². The van der Waals surface area contributed by atoms with E-state index in [4.69, 9.17) is 10.5 Å². The van der Waals surface area contributed by atoms with Gasteiger partial charge in [0.2, 0.25) is 5.91 Å². The van der Waals surface area contributed by atoms with Crippen LogP contribution in [0.1, 0.15) is 18.2 Å². The quantitative estimate of drug-likeness (QED) is 0.813. The molecule has 0 aliphatic heterocycles. The lowest BCUT2D eigenvalue weighted by Crippen LogP contribution is -2.07. The van der Waals surface area contributed by atoms with Gasteiger partial charge in [-0.15, -0.1) is 0 Å². The fraction of sp³-hybridized carbons (Fsp3) is 0.133. The largest absolute Gasteiger partial charge is 0.495 e. The molecule has 3 N–H and O–H groups in total. The van der Waals surface area contributed by atoms with Crippen molar-refractivity contribution >= 4 is 17.4 Å². The van der Waals surface area contributed by atoms with Crippen LogP contribution < -0.4 is 15.8 Å². The SMILES string of the molecule is COc1cnc(C#Cc2ccnc(NC(C)=O)c2)c(N)c1. The van der Waals surface area contributed by atoms with E-state index in [1.54, 1.807) is 37.7 Å². The molecular formula is C15H14N4O2. The molecule has 0 radical (unpaired) electrons. The topological polar surface area (TPSA) is 90.1 Å². The molecule has 0 spiro atoms. The Bertz CT molecular complexity index is 732. The van der Waals surface area contributed by atoms with Crippen molar-refractivity contribution in [1.82, 2.24) is 9.97 Å². The van der Waals surface area contributed by atoms with Crippen LogP contribution in [0.15, 0.2) is 30.6 Å². The van der Waals surface area contributed by atoms with Crippen molar-refractivity contribution in [3.63, 3.8) is 0 Å². The van der Waals surface area contributed by atoms with Crippen LogP contribution in [-0.2, 0) is 4.79 Å². The van der Waals surface area contributed by atoms with Gasteiger partial charge in [0.1, 0.15) is 17.3 Å². The van der Waals surface area contributed by atoms with Crippen LogP contribution in [-0.4, -0.2) is 23.0 Å². The average Bonchev–Trinajstić information content (AvgIpc) is 2.45. The number of nitrogens with two attached hydrogens (primary N) is 1. The summed E-state index contributed by atoms with van der Waals surface area (Å²) in [6, 6.07) is 5.07. The van der Waals surface area contributed by atoms with Crippen LogP contribution in [0.2, 0.25) is 0 Å². The molecule has 21 heavy (non-hydrogen) atoms. The van der Waals surface area contributed by atoms with E-state index >= 15 is 0 Å². The number of ether oxygens (including phenoxy) is 1. The molecule has 2 rings (SSSR count). The van der Waals surface area contributed by atoms with Crippen LogP contribution in [0, 0.1) is 11.8 Å². The number of rotatable bonds is 2. The van der Waals surface area contributed by atoms with E-state index < -0.39 is 0 Å². The standard InChI is InChI=1S/C15H14N4O2/c1-10(20)19-15-7-11(5-6-17-15)3-4-14-13(16)8-12(21-2)9-18-14/h5-9H,16H2,1-2H3,(H,17,19,20). The summed E-state index contributed by atoms with van der Waals surface area (Å²) in [6.45, 7) is 1.42. The molecule has 0 unspecified atom stereocenters. The number of aromatic nitrogens is 2. The van der Waals surface area contributed by atoms with Gasteiger partial charge in [0, 0.05) is 24.8 Å². The van der Waals surface area contributed by atoms with E-state index in [0.717, 1.165) is 0 Å². The molecule has 1 amide bonds. The predicted molar refractivity (Wildman–Crippen MR) is 79.7 cm³/mol. The van der Waals surface area contributed by atoms with Gasteiger partial charge in [-0.3, -0.25) is 4.79 Å². The van der Waals surface area contributed by atoms with Gasteiger partial charge in [0.05, 0.1) is 19.0 Å². The first-order valence-electron chi connectivity index (χ1n) is 6.13. The predicted octanol–water partition coefficient (Wildman–Crippen LogP) is 1.43. The van der Waals surface area contributed by atoms with Gasteiger partial charge in [-0.25, -0.2) is 9.97 Å². The number of nitrogens with one attached hydrogen (secondary N) is 1. The van der Waals surface area contributed by atoms with Gasteiger partial charge in [0.25, 0.3) is 0 Å². The van der Waals surface area contributed by atoms with E-state index in [-0.39, 0.29) is 5.91 Å². The van der Waals surface area contributed by atoms with Gasteiger partial charge in [-0.05, 0) is 18.1 Å². The number of pyridine rings is 2. The second kappa shape index (κ2) is 6.39. The smallest absolute Gasteiger partial charge is 0.222 e. The van der Waals surface area contributed by atoms with Gasteiger partial charge in [-0.1, -0.05) is 5.92 Å². The fourth-order valence-electron chi connectivity index (χ4n) is 1.57. The Hall–Kier alpha value is -3.07. The van der Waals surface area contributed by atoms with Crippen LogP contribution in [0.4, 0.5) is 11.5 Å². The molecule has 2 aromatic rings. The number of hydrogen-bond donors (Lipinski definition) is 2. The highest BCUT2D eigenvalue weighted by Gasteiger charge is 2.00. The van der Waals surface area contributed by atoms with E-state index in [9.17, 15) is 4.79 Å². The monoisotopic (exact) mass is 282 g/mol. The summed E-state index contributed by atoms with van der Waals surface area (Å²) < 4.78 is 5.03. The van der Waals surface area contributed by atoms with Crippen LogP contribution >= 0.6 is 0 Å². The molecule has 2 aromatic heterocycles. The van der Waals surface area contributed by atoms with Crippen LogP contribution in [0.25, 0.3) is 0 Å². The Kier molecular flexibility index (Phi) is 4.36. The van der Waals surface area contributed by atoms with Crippen molar-refractivity contribution in [3.05, 3.63) is 41.9 Å². The Labute approximate surface area is 122 Å². The number of nitrogen functional groups attached to an aromatic ring is 1. The van der Waals surface area contributed by atoms with Gasteiger partial charge in [0.15, 0.2) is 0 Å². The molecule has 6 heteroatoms. The second-order valence-corrected chi connectivity index (χ2v) is 4.17. The first-order chi connectivity index (χ1) is 10.1. The number of carbonyl (C=O) groups is 1. The Morgan fingerprint density at radius 2 is 2.14 bits per heavy atom. The first kappa shape index (κ1) is 14.3. The summed E-state index contributed by atoms with van der Waals surface area (Å²) in [5.74, 6) is 6.65. The molecule has 6 nitrogen and oxygen atoms in total. The lowest BCUT2D eigenvalue weighted by molar-refractivity contribution is -0.114. The minimum Gasteiger partial charge on any atom is -0.495 e. The zero-order valence-corrected chi connectivity index (χ0v) is 11.7. The van der Waals surface area contributed by atoms with Gasteiger partial charge < -0.3 is 15.8 Å². The number of nitrogens with zero attached hydrogens (tertiary/aromatic N) is 2. The highest BCUT2D eigenvalue weighted by atomic mass is 16.5. The van der Waals surface area contributed by atoms with Crippen LogP contribution in [0.5, 0.6) is 5.75 Å². The Balaban J connectivity index is 2.24. The van der Waals surface area contributed by atoms with Crippen LogP contribution in [0.3, 0.4) is 0 Å². The van der Waals surface area contributed by atoms with Crippen molar-refractivity contribution in [1.29, 1.82) is 0 Å². The molecule has 0 bridgehead atoms. The zero-order valence-electron chi connectivity index (χ0n) is 11.7. The molecule has 0 aromatic carbocycles. The summed E-state index contributed by atoms with van der Waals surface area (Å²) in [5.41, 5.74) is 7.45. The van der Waals surface area contributed by atoms with Crippen molar-refractivity contribution in [2.45, 2.75) is 6.92 Å². The summed E-state index contributed by atoms with van der Waals surface area (Å²) in [5, 5.41) is 2.60. The highest BCUT2D eigenvalue weighted by Crippen LogP contribution is 2.16. The van der Waals surface area contributed by atoms with Crippen molar-refractivity contribution in [3.8, 4) is 17.6 Å². The number of methoxy groups -OCH3 is 1. The summed E-state index contributed by atoms with van der Waals surface area (Å²) in [6.07, 6.45) is 3.12. The van der Waals surface area contributed by atoms with Gasteiger partial charge in [-0.2, -0.15) is 0 Å². The normalized spacial score (nSPS) is 9.43. The number of anilines is 2. The molecule has 0 aliphatic rings. The number of amides is 1. The first-order valence-corrected chi connectivity index (χ1v) is 6.13. The maximum absolute atomic E-state index is 11.0. The highest BCUT2D eigenvalue weighted by molar-refractivity contribution is 5.87. The second-order valence-electron chi connectivity index (χ2n) is 4.17. The summed E-state index contributed by atoms with van der Waals surface area (Å²) in [4.78, 5) is 19.1. The van der Waals surface area contributed by atoms with E-state index in [1.807, 2.05) is 0 Å². The minimum atomic E-state index is -0.186. The number of carbonyl (C=O) groups excluding carboxylic acids is 1. The number of hydrogen-bond acceptors (Lipinski definition) is 5. The minimum absolute atomic E-state index is 0.186.